The van der Waals surface area contributed by atoms with E-state index in [0.717, 1.165) is 12.1 Å². The van der Waals surface area contributed by atoms with E-state index in [2.05, 4.69) is 12.2 Å². The van der Waals surface area contributed by atoms with E-state index >= 15 is 0 Å². The van der Waals surface area contributed by atoms with Gasteiger partial charge in [0.2, 0.25) is 0 Å². The van der Waals surface area contributed by atoms with E-state index in [1.54, 1.807) is 0 Å². The summed E-state index contributed by atoms with van der Waals surface area (Å²) in [6, 6.07) is 5.81. The monoisotopic (exact) mass is 261 g/mol. The minimum absolute atomic E-state index is 0.278. The van der Waals surface area contributed by atoms with Crippen molar-refractivity contribution in [3.63, 3.8) is 0 Å². The summed E-state index contributed by atoms with van der Waals surface area (Å²) < 4.78 is 0. The smallest absolute Gasteiger partial charge is 0.0807 e. The van der Waals surface area contributed by atoms with Crippen LogP contribution in [-0.2, 0) is 0 Å². The van der Waals surface area contributed by atoms with Gasteiger partial charge < -0.3 is 5.32 Å². The normalized spacial score (nSPS) is 26.6. The Bertz CT molecular complexity index is 356. The Kier molecular flexibility index (Phi) is 3.83. The minimum Gasteiger partial charge on any atom is -0.302 e. The number of benzene rings is 1. The van der Waals surface area contributed by atoms with Crippen molar-refractivity contribution >= 4 is 35.0 Å². The van der Waals surface area contributed by atoms with E-state index in [4.69, 9.17) is 23.2 Å². The standard InChI is InChI=1S/C11H13Cl2NS/c1-7-5-6-14-11(15-7)8-3-2-4-9(12)10(8)13/h2-4,7,11,14H,5-6H2,1H3. The zero-order valence-electron chi connectivity index (χ0n) is 8.47. The number of halogens is 2. The fourth-order valence-electron chi connectivity index (χ4n) is 1.67. The van der Waals surface area contributed by atoms with Crippen molar-refractivity contribution < 1.29 is 0 Å². The first-order valence-corrected chi connectivity index (χ1v) is 6.71. The molecule has 15 heavy (non-hydrogen) atoms. The summed E-state index contributed by atoms with van der Waals surface area (Å²) >= 11 is 14.1. The zero-order chi connectivity index (χ0) is 10.8. The molecule has 1 N–H and O–H groups in total. The van der Waals surface area contributed by atoms with Crippen molar-refractivity contribution in [2.45, 2.75) is 24.0 Å². The highest BCUT2D eigenvalue weighted by Crippen LogP contribution is 2.39. The number of nitrogens with one attached hydrogen (secondary N) is 1. The van der Waals surface area contributed by atoms with E-state index in [1.807, 2.05) is 30.0 Å². The van der Waals surface area contributed by atoms with Gasteiger partial charge >= 0.3 is 0 Å². The highest BCUT2D eigenvalue weighted by atomic mass is 35.5. The van der Waals surface area contributed by atoms with E-state index in [-0.39, 0.29) is 5.37 Å². The van der Waals surface area contributed by atoms with Crippen LogP contribution in [0.2, 0.25) is 10.0 Å². The van der Waals surface area contributed by atoms with Crippen molar-refractivity contribution in [3.05, 3.63) is 33.8 Å². The van der Waals surface area contributed by atoms with Crippen LogP contribution in [0.25, 0.3) is 0 Å². The lowest BCUT2D eigenvalue weighted by atomic mass is 10.2. The van der Waals surface area contributed by atoms with Gasteiger partial charge in [0, 0.05) is 5.25 Å². The molecule has 82 valence electrons. The largest absolute Gasteiger partial charge is 0.302 e. The molecule has 1 aromatic rings. The lowest BCUT2D eigenvalue weighted by molar-refractivity contribution is 0.605. The molecule has 0 radical (unpaired) electrons. The molecular weight excluding hydrogens is 249 g/mol. The SMILES string of the molecule is CC1CCNC(c2cccc(Cl)c2Cl)S1. The maximum atomic E-state index is 6.19. The van der Waals surface area contributed by atoms with Gasteiger partial charge in [0.25, 0.3) is 0 Å². The van der Waals surface area contributed by atoms with Crippen LogP contribution in [0.5, 0.6) is 0 Å². The molecule has 2 rings (SSSR count). The molecule has 0 bridgehead atoms. The Labute approximate surface area is 105 Å². The number of hydrogen-bond donors (Lipinski definition) is 1. The molecular formula is C11H13Cl2NS. The Morgan fingerprint density at radius 2 is 2.20 bits per heavy atom. The Balaban J connectivity index is 2.24. The topological polar surface area (TPSA) is 12.0 Å². The zero-order valence-corrected chi connectivity index (χ0v) is 10.8. The average molecular weight is 262 g/mol. The molecule has 1 heterocycles. The van der Waals surface area contributed by atoms with Gasteiger partial charge in [-0.3, -0.25) is 0 Å². The molecule has 0 aromatic heterocycles. The first-order chi connectivity index (χ1) is 7.18. The highest BCUT2D eigenvalue weighted by molar-refractivity contribution is 8.00. The van der Waals surface area contributed by atoms with Crippen LogP contribution in [0.1, 0.15) is 24.3 Å². The molecule has 1 aliphatic rings. The third kappa shape index (κ3) is 2.62. The summed E-state index contributed by atoms with van der Waals surface area (Å²) in [5, 5.41) is 5.72. The number of thioether (sulfide) groups is 1. The maximum Gasteiger partial charge on any atom is 0.0807 e. The summed E-state index contributed by atoms with van der Waals surface area (Å²) in [6.07, 6.45) is 1.21. The minimum atomic E-state index is 0.278. The summed E-state index contributed by atoms with van der Waals surface area (Å²) in [5.41, 5.74) is 1.10. The van der Waals surface area contributed by atoms with Gasteiger partial charge in [0.05, 0.1) is 15.4 Å². The van der Waals surface area contributed by atoms with Gasteiger partial charge in [-0.1, -0.05) is 42.3 Å². The predicted molar refractivity (Wildman–Crippen MR) is 68.9 cm³/mol. The van der Waals surface area contributed by atoms with Crippen molar-refractivity contribution in [3.8, 4) is 0 Å². The van der Waals surface area contributed by atoms with Gasteiger partial charge in [-0.15, -0.1) is 11.8 Å². The average Bonchev–Trinajstić information content (AvgIpc) is 2.22. The highest BCUT2D eigenvalue weighted by Gasteiger charge is 2.22. The molecule has 2 atom stereocenters. The quantitative estimate of drug-likeness (QED) is 0.817. The third-order valence-electron chi connectivity index (χ3n) is 2.51. The lowest BCUT2D eigenvalue weighted by Gasteiger charge is -2.28. The molecule has 4 heteroatoms. The second-order valence-electron chi connectivity index (χ2n) is 3.71. The van der Waals surface area contributed by atoms with Gasteiger partial charge in [-0.25, -0.2) is 0 Å². The summed E-state index contributed by atoms with van der Waals surface area (Å²) in [6.45, 7) is 3.29. The Hall–Kier alpha value is 0.110. The van der Waals surface area contributed by atoms with Crippen LogP contribution in [0.4, 0.5) is 0 Å². The van der Waals surface area contributed by atoms with Crippen molar-refractivity contribution in [1.29, 1.82) is 0 Å². The van der Waals surface area contributed by atoms with Crippen LogP contribution in [0.15, 0.2) is 18.2 Å². The third-order valence-corrected chi connectivity index (χ3v) is 4.74. The molecule has 0 amide bonds. The molecule has 1 nitrogen and oxygen atoms in total. The summed E-state index contributed by atoms with van der Waals surface area (Å²) in [5.74, 6) is 0. The number of hydrogen-bond acceptors (Lipinski definition) is 2. The number of rotatable bonds is 1. The summed E-state index contributed by atoms with van der Waals surface area (Å²) in [7, 11) is 0. The van der Waals surface area contributed by atoms with E-state index in [0.29, 0.717) is 15.3 Å². The maximum absolute atomic E-state index is 6.19. The first kappa shape index (κ1) is 11.6. The van der Waals surface area contributed by atoms with E-state index in [9.17, 15) is 0 Å². The molecule has 1 aliphatic heterocycles. The van der Waals surface area contributed by atoms with Crippen LogP contribution in [0, 0.1) is 0 Å². The molecule has 0 spiro atoms. The molecule has 1 aromatic carbocycles. The van der Waals surface area contributed by atoms with Crippen molar-refractivity contribution in [2.75, 3.05) is 6.54 Å². The lowest BCUT2D eigenvalue weighted by Crippen LogP contribution is -2.29. The first-order valence-electron chi connectivity index (χ1n) is 5.01. The van der Waals surface area contributed by atoms with Crippen LogP contribution >= 0.6 is 35.0 Å². The molecule has 1 saturated heterocycles. The van der Waals surface area contributed by atoms with E-state index in [1.165, 1.54) is 6.42 Å². The van der Waals surface area contributed by atoms with Crippen molar-refractivity contribution in [1.82, 2.24) is 5.32 Å². The van der Waals surface area contributed by atoms with Crippen LogP contribution < -0.4 is 5.32 Å². The second kappa shape index (κ2) is 4.96. The van der Waals surface area contributed by atoms with Gasteiger partial charge in [0.1, 0.15) is 0 Å². The van der Waals surface area contributed by atoms with Gasteiger partial charge in [-0.2, -0.15) is 0 Å². The molecule has 1 fully saturated rings. The Morgan fingerprint density at radius 3 is 2.93 bits per heavy atom. The van der Waals surface area contributed by atoms with Gasteiger partial charge in [0.15, 0.2) is 0 Å². The van der Waals surface area contributed by atoms with E-state index < -0.39 is 0 Å². The van der Waals surface area contributed by atoms with Gasteiger partial charge in [-0.05, 0) is 24.6 Å². The van der Waals surface area contributed by atoms with Crippen LogP contribution in [0.3, 0.4) is 0 Å². The predicted octanol–water partition coefficient (Wildman–Crippen LogP) is 4.11. The summed E-state index contributed by atoms with van der Waals surface area (Å²) in [4.78, 5) is 0. The van der Waals surface area contributed by atoms with Crippen molar-refractivity contribution in [2.24, 2.45) is 0 Å². The molecule has 0 saturated carbocycles. The second-order valence-corrected chi connectivity index (χ2v) is 6.05. The molecule has 2 unspecified atom stereocenters. The fourth-order valence-corrected chi connectivity index (χ4v) is 3.43. The Morgan fingerprint density at radius 1 is 1.40 bits per heavy atom. The fraction of sp³-hybridized carbons (Fsp3) is 0.455. The molecule has 0 aliphatic carbocycles. The van der Waals surface area contributed by atoms with Crippen LogP contribution in [-0.4, -0.2) is 11.8 Å².